The van der Waals surface area contributed by atoms with Crippen molar-refractivity contribution in [1.29, 1.82) is 5.26 Å². The van der Waals surface area contributed by atoms with E-state index in [-0.39, 0.29) is 12.5 Å². The summed E-state index contributed by atoms with van der Waals surface area (Å²) < 4.78 is 5.34. The first-order valence-electron chi connectivity index (χ1n) is 8.17. The van der Waals surface area contributed by atoms with Crippen molar-refractivity contribution in [3.05, 3.63) is 64.7 Å². The average molecular weight is 349 g/mol. The van der Waals surface area contributed by atoms with Crippen LogP contribution in [-0.2, 0) is 16.9 Å². The molecule has 0 bridgehead atoms. The maximum Gasteiger partial charge on any atom is 0.325 e. The Bertz CT molecular complexity index is 915. The van der Waals surface area contributed by atoms with Crippen LogP contribution in [0.4, 0.5) is 4.79 Å². The standard InChI is InChI=1S/C20H19N3O3/c1-13-4-9-17(26-3)15(10-13)12-23-18(24)20(2,22-19(23)25)16-7-5-14(11-21)6-8-16/h4-10H,12H2,1-3H3,(H,22,25)/t20-/m1/s1. The van der Waals surface area contributed by atoms with Crippen LogP contribution in [0.25, 0.3) is 0 Å². The first-order chi connectivity index (χ1) is 12.4. The van der Waals surface area contributed by atoms with Gasteiger partial charge in [0.15, 0.2) is 0 Å². The molecule has 1 atom stereocenters. The number of nitrogens with zero attached hydrogens (tertiary/aromatic N) is 2. The fourth-order valence-electron chi connectivity index (χ4n) is 3.12. The molecule has 1 fully saturated rings. The van der Waals surface area contributed by atoms with Crippen LogP contribution in [0.5, 0.6) is 5.75 Å². The highest BCUT2D eigenvalue weighted by atomic mass is 16.5. The SMILES string of the molecule is COc1ccc(C)cc1CN1C(=O)N[C@](C)(c2ccc(C#N)cc2)C1=O. The fourth-order valence-corrected chi connectivity index (χ4v) is 3.12. The van der Waals surface area contributed by atoms with Crippen molar-refractivity contribution >= 4 is 11.9 Å². The van der Waals surface area contributed by atoms with Crippen LogP contribution in [0.3, 0.4) is 0 Å². The largest absolute Gasteiger partial charge is 0.496 e. The highest BCUT2D eigenvalue weighted by Crippen LogP contribution is 2.31. The van der Waals surface area contributed by atoms with E-state index in [0.29, 0.717) is 16.9 Å². The van der Waals surface area contributed by atoms with Crippen molar-refractivity contribution in [2.75, 3.05) is 7.11 Å². The molecule has 3 rings (SSSR count). The minimum absolute atomic E-state index is 0.126. The number of imide groups is 1. The maximum absolute atomic E-state index is 13.0. The Morgan fingerprint density at radius 3 is 2.50 bits per heavy atom. The molecule has 0 radical (unpaired) electrons. The Balaban J connectivity index is 1.91. The molecular weight excluding hydrogens is 330 g/mol. The number of carbonyl (C=O) groups is 2. The third-order valence-electron chi connectivity index (χ3n) is 4.63. The first kappa shape index (κ1) is 17.5. The molecule has 0 spiro atoms. The second kappa shape index (κ2) is 6.52. The topological polar surface area (TPSA) is 82.4 Å². The van der Waals surface area contributed by atoms with Gasteiger partial charge in [0.2, 0.25) is 0 Å². The van der Waals surface area contributed by atoms with E-state index in [1.807, 2.05) is 31.2 Å². The lowest BCUT2D eigenvalue weighted by Gasteiger charge is -2.22. The van der Waals surface area contributed by atoms with Crippen LogP contribution in [0, 0.1) is 18.3 Å². The van der Waals surface area contributed by atoms with Crippen molar-refractivity contribution in [2.24, 2.45) is 0 Å². The monoisotopic (exact) mass is 349 g/mol. The quantitative estimate of drug-likeness (QED) is 0.861. The molecular formula is C20H19N3O3. The second-order valence-electron chi connectivity index (χ2n) is 6.45. The number of nitrogens with one attached hydrogen (secondary N) is 1. The molecule has 0 saturated carbocycles. The Morgan fingerprint density at radius 2 is 1.88 bits per heavy atom. The van der Waals surface area contributed by atoms with Gasteiger partial charge in [-0.2, -0.15) is 5.26 Å². The van der Waals surface area contributed by atoms with Gasteiger partial charge in [-0.05, 0) is 37.6 Å². The van der Waals surface area contributed by atoms with Crippen LogP contribution in [0.2, 0.25) is 0 Å². The van der Waals surface area contributed by atoms with Gasteiger partial charge < -0.3 is 10.1 Å². The third kappa shape index (κ3) is 2.88. The van der Waals surface area contributed by atoms with E-state index in [2.05, 4.69) is 5.32 Å². The lowest BCUT2D eigenvalue weighted by Crippen LogP contribution is -2.40. The minimum atomic E-state index is -1.16. The van der Waals surface area contributed by atoms with Gasteiger partial charge in [-0.3, -0.25) is 9.69 Å². The molecule has 6 nitrogen and oxygen atoms in total. The number of rotatable bonds is 4. The van der Waals surface area contributed by atoms with E-state index in [4.69, 9.17) is 10.00 Å². The van der Waals surface area contributed by atoms with Crippen molar-refractivity contribution in [3.8, 4) is 11.8 Å². The number of aryl methyl sites for hydroxylation is 1. The van der Waals surface area contributed by atoms with Crippen molar-refractivity contribution in [1.82, 2.24) is 10.2 Å². The zero-order valence-corrected chi connectivity index (χ0v) is 14.9. The van der Waals surface area contributed by atoms with Crippen molar-refractivity contribution in [2.45, 2.75) is 25.9 Å². The molecule has 2 aromatic carbocycles. The molecule has 1 N–H and O–H groups in total. The van der Waals surface area contributed by atoms with Gasteiger partial charge in [0.1, 0.15) is 11.3 Å². The summed E-state index contributed by atoms with van der Waals surface area (Å²) in [6, 6.07) is 13.9. The van der Waals surface area contributed by atoms with Crippen LogP contribution in [0.15, 0.2) is 42.5 Å². The van der Waals surface area contributed by atoms with Gasteiger partial charge >= 0.3 is 6.03 Å². The number of methoxy groups -OCH3 is 1. The summed E-state index contributed by atoms with van der Waals surface area (Å²) in [5, 5.41) is 11.7. The predicted octanol–water partition coefficient (Wildman–Crippen LogP) is 2.84. The highest BCUT2D eigenvalue weighted by molar-refractivity contribution is 6.07. The molecule has 26 heavy (non-hydrogen) atoms. The van der Waals surface area contributed by atoms with Gasteiger partial charge in [-0.15, -0.1) is 0 Å². The summed E-state index contributed by atoms with van der Waals surface area (Å²) in [6.45, 7) is 3.74. The number of carbonyl (C=O) groups excluding carboxylic acids is 2. The Labute approximate surface area is 152 Å². The zero-order chi connectivity index (χ0) is 18.9. The average Bonchev–Trinajstić information content (AvgIpc) is 2.86. The van der Waals surface area contributed by atoms with Crippen molar-refractivity contribution < 1.29 is 14.3 Å². The lowest BCUT2D eigenvalue weighted by molar-refractivity contribution is -0.131. The van der Waals surface area contributed by atoms with E-state index in [1.54, 1.807) is 38.3 Å². The molecule has 1 aliphatic heterocycles. The number of urea groups is 1. The van der Waals surface area contributed by atoms with E-state index in [0.717, 1.165) is 11.1 Å². The molecule has 1 heterocycles. The van der Waals surface area contributed by atoms with Crippen molar-refractivity contribution in [3.63, 3.8) is 0 Å². The summed E-state index contributed by atoms with van der Waals surface area (Å²) >= 11 is 0. The summed E-state index contributed by atoms with van der Waals surface area (Å²) in [7, 11) is 1.56. The van der Waals surface area contributed by atoms with Gasteiger partial charge in [0, 0.05) is 5.56 Å². The zero-order valence-electron chi connectivity index (χ0n) is 14.9. The Kier molecular flexibility index (Phi) is 4.39. The fraction of sp³-hybridized carbons (Fsp3) is 0.250. The number of ether oxygens (including phenoxy) is 1. The summed E-state index contributed by atoms with van der Waals surface area (Å²) in [4.78, 5) is 26.7. The van der Waals surface area contributed by atoms with Crippen LogP contribution >= 0.6 is 0 Å². The van der Waals surface area contributed by atoms with Gasteiger partial charge in [0.05, 0.1) is 25.3 Å². The molecule has 1 saturated heterocycles. The normalized spacial score (nSPS) is 19.2. The lowest BCUT2D eigenvalue weighted by atomic mass is 9.91. The molecule has 6 heteroatoms. The van der Waals surface area contributed by atoms with E-state index < -0.39 is 11.6 Å². The summed E-state index contributed by atoms with van der Waals surface area (Å²) in [5.41, 5.74) is 1.74. The third-order valence-corrected chi connectivity index (χ3v) is 4.63. The van der Waals surface area contributed by atoms with E-state index >= 15 is 0 Å². The van der Waals surface area contributed by atoms with E-state index in [1.165, 1.54) is 4.90 Å². The first-order valence-corrected chi connectivity index (χ1v) is 8.17. The maximum atomic E-state index is 13.0. The summed E-state index contributed by atoms with van der Waals surface area (Å²) in [6.07, 6.45) is 0. The van der Waals surface area contributed by atoms with Crippen LogP contribution < -0.4 is 10.1 Å². The van der Waals surface area contributed by atoms with Gasteiger partial charge in [-0.1, -0.05) is 29.8 Å². The van der Waals surface area contributed by atoms with Gasteiger partial charge in [-0.25, -0.2) is 4.79 Å². The predicted molar refractivity (Wildman–Crippen MR) is 95.3 cm³/mol. The number of hydrogen-bond donors (Lipinski definition) is 1. The second-order valence-corrected chi connectivity index (χ2v) is 6.45. The Hall–Kier alpha value is -3.33. The molecule has 0 aliphatic carbocycles. The number of amides is 3. The molecule has 0 unspecified atom stereocenters. The molecule has 0 aromatic heterocycles. The van der Waals surface area contributed by atoms with Crippen LogP contribution in [0.1, 0.15) is 29.2 Å². The highest BCUT2D eigenvalue weighted by Gasteiger charge is 2.49. The smallest absolute Gasteiger partial charge is 0.325 e. The Morgan fingerprint density at radius 1 is 1.19 bits per heavy atom. The number of nitriles is 1. The molecule has 3 amide bonds. The number of hydrogen-bond acceptors (Lipinski definition) is 4. The van der Waals surface area contributed by atoms with Crippen LogP contribution in [-0.4, -0.2) is 23.9 Å². The molecule has 1 aliphatic rings. The van der Waals surface area contributed by atoms with E-state index in [9.17, 15) is 9.59 Å². The van der Waals surface area contributed by atoms with Gasteiger partial charge in [0.25, 0.3) is 5.91 Å². The number of benzene rings is 2. The minimum Gasteiger partial charge on any atom is -0.496 e. The molecule has 2 aromatic rings. The molecule has 132 valence electrons. The summed E-state index contributed by atoms with van der Waals surface area (Å²) in [5.74, 6) is 0.291.